The number of hydrogen-bond acceptors (Lipinski definition) is 3. The Morgan fingerprint density at radius 2 is 1.64 bits per heavy atom. The molecule has 2 amide bonds. The topological polar surface area (TPSA) is 74.6 Å². The summed E-state index contributed by atoms with van der Waals surface area (Å²) in [7, 11) is 0. The molecule has 0 radical (unpaired) electrons. The molecule has 6 heteroatoms. The largest absolute Gasteiger partial charge is 0.387 e. The predicted octanol–water partition coefficient (Wildman–Crippen LogP) is 4.98. The highest BCUT2D eigenvalue weighted by Gasteiger charge is 2.55. The molecule has 2 heterocycles. The van der Waals surface area contributed by atoms with Crippen molar-refractivity contribution in [1.82, 2.24) is 14.8 Å². The van der Waals surface area contributed by atoms with Crippen molar-refractivity contribution in [1.29, 1.82) is 0 Å². The van der Waals surface area contributed by atoms with Crippen molar-refractivity contribution in [3.63, 3.8) is 0 Å². The van der Waals surface area contributed by atoms with E-state index in [0.717, 1.165) is 42.4 Å². The van der Waals surface area contributed by atoms with E-state index >= 15 is 0 Å². The van der Waals surface area contributed by atoms with Crippen molar-refractivity contribution in [2.24, 2.45) is 5.41 Å². The van der Waals surface area contributed by atoms with Crippen molar-refractivity contribution in [3.8, 4) is 11.1 Å². The molecule has 5 rings (SSSR count). The fourth-order valence-corrected chi connectivity index (χ4v) is 6.10. The van der Waals surface area contributed by atoms with Crippen LogP contribution < -0.4 is 10.9 Å². The smallest absolute Gasteiger partial charge is 0.317 e. The Balaban J connectivity index is 1.33. The van der Waals surface area contributed by atoms with E-state index in [2.05, 4.69) is 5.32 Å². The van der Waals surface area contributed by atoms with Crippen LogP contribution >= 0.6 is 0 Å². The second kappa shape index (κ2) is 9.94. The van der Waals surface area contributed by atoms with E-state index in [1.165, 1.54) is 0 Å². The molecule has 188 valence electrons. The van der Waals surface area contributed by atoms with Crippen LogP contribution in [0, 0.1) is 5.41 Å². The monoisotopic (exact) mass is 485 g/mol. The standard InChI is InChI=1S/C30H35N3O3/c1-23(24-10-4-2-5-11-24)31-28(35)33-19-17-30(36,29(21-33)15-8-9-16-29)22-32-18-14-26(20-27(32)34)25-12-6-3-7-13-25/h2-7,10-14,18,20,23,36H,8-9,15-17,19,21-22H2,1H3,(H,31,35)/t23-,30+/m0/s1. The number of pyridine rings is 1. The molecule has 2 N–H and O–H groups in total. The molecule has 2 aliphatic rings. The first-order valence-corrected chi connectivity index (χ1v) is 13.0. The molecule has 1 spiro atoms. The van der Waals surface area contributed by atoms with Crippen molar-refractivity contribution in [3.05, 3.63) is 94.9 Å². The summed E-state index contributed by atoms with van der Waals surface area (Å²) in [5, 5.41) is 15.2. The second-order valence-corrected chi connectivity index (χ2v) is 10.5. The number of urea groups is 1. The summed E-state index contributed by atoms with van der Waals surface area (Å²) < 4.78 is 1.64. The summed E-state index contributed by atoms with van der Waals surface area (Å²) in [6.45, 7) is 3.21. The number of rotatable bonds is 5. The lowest BCUT2D eigenvalue weighted by Crippen LogP contribution is -2.63. The lowest BCUT2D eigenvalue weighted by atomic mass is 9.66. The number of nitrogens with one attached hydrogen (secondary N) is 1. The van der Waals surface area contributed by atoms with E-state index in [1.807, 2.05) is 78.6 Å². The van der Waals surface area contributed by atoms with Gasteiger partial charge in [-0.05, 0) is 48.9 Å². The number of hydrogen-bond donors (Lipinski definition) is 2. The van der Waals surface area contributed by atoms with Crippen molar-refractivity contribution >= 4 is 6.03 Å². The van der Waals surface area contributed by atoms with Crippen LogP contribution in [0.5, 0.6) is 0 Å². The summed E-state index contributed by atoms with van der Waals surface area (Å²) >= 11 is 0. The zero-order valence-electron chi connectivity index (χ0n) is 20.9. The van der Waals surface area contributed by atoms with Crippen LogP contribution in [-0.2, 0) is 6.54 Å². The molecule has 0 bridgehead atoms. The van der Waals surface area contributed by atoms with Gasteiger partial charge in [0.15, 0.2) is 0 Å². The predicted molar refractivity (Wildman–Crippen MR) is 142 cm³/mol. The van der Waals surface area contributed by atoms with Gasteiger partial charge < -0.3 is 19.9 Å². The molecule has 36 heavy (non-hydrogen) atoms. The number of amides is 2. The maximum absolute atomic E-state index is 13.2. The van der Waals surface area contributed by atoms with Crippen molar-refractivity contribution in [2.45, 2.75) is 57.2 Å². The number of carbonyl (C=O) groups is 1. The van der Waals surface area contributed by atoms with E-state index in [9.17, 15) is 14.7 Å². The minimum atomic E-state index is -1.04. The first-order chi connectivity index (χ1) is 17.4. The Morgan fingerprint density at radius 3 is 2.31 bits per heavy atom. The van der Waals surface area contributed by atoms with Crippen LogP contribution in [0.4, 0.5) is 4.79 Å². The highest BCUT2D eigenvalue weighted by atomic mass is 16.3. The van der Waals surface area contributed by atoms with Gasteiger partial charge in [-0.1, -0.05) is 73.5 Å². The van der Waals surface area contributed by atoms with Gasteiger partial charge in [0.25, 0.3) is 5.56 Å². The van der Waals surface area contributed by atoms with Crippen LogP contribution in [0.1, 0.15) is 50.6 Å². The molecule has 3 aromatic rings. The summed E-state index contributed by atoms with van der Waals surface area (Å²) in [4.78, 5) is 28.1. The second-order valence-electron chi connectivity index (χ2n) is 10.5. The zero-order chi connectivity index (χ0) is 25.2. The molecule has 0 unspecified atom stereocenters. The van der Waals surface area contributed by atoms with Gasteiger partial charge in [-0.15, -0.1) is 0 Å². The van der Waals surface area contributed by atoms with E-state index in [-0.39, 0.29) is 24.2 Å². The average Bonchev–Trinajstić information content (AvgIpc) is 3.38. The van der Waals surface area contributed by atoms with Gasteiger partial charge in [0.1, 0.15) is 0 Å². The van der Waals surface area contributed by atoms with Crippen LogP contribution in [-0.4, -0.2) is 39.3 Å². The zero-order valence-corrected chi connectivity index (χ0v) is 20.9. The van der Waals surface area contributed by atoms with Crippen LogP contribution in [0.15, 0.2) is 83.8 Å². The maximum atomic E-state index is 13.2. The number of aliphatic hydroxyl groups is 1. The van der Waals surface area contributed by atoms with Gasteiger partial charge in [0, 0.05) is 30.8 Å². The minimum Gasteiger partial charge on any atom is -0.387 e. The number of nitrogens with zero attached hydrogens (tertiary/aromatic N) is 2. The van der Waals surface area contributed by atoms with Gasteiger partial charge >= 0.3 is 6.03 Å². The first-order valence-electron chi connectivity index (χ1n) is 13.0. The fourth-order valence-electron chi connectivity index (χ4n) is 6.10. The minimum absolute atomic E-state index is 0.0935. The highest BCUT2D eigenvalue weighted by Crippen LogP contribution is 2.51. The third-order valence-corrected chi connectivity index (χ3v) is 8.30. The van der Waals surface area contributed by atoms with Crippen molar-refractivity contribution in [2.75, 3.05) is 13.1 Å². The van der Waals surface area contributed by atoms with Crippen LogP contribution in [0.2, 0.25) is 0 Å². The first kappa shape index (κ1) is 24.3. The Bertz CT molecular complexity index is 1250. The SMILES string of the molecule is C[C@H](NC(=O)N1CC[C@@](O)(Cn2ccc(-c3ccccc3)cc2=O)C2(CCCC2)C1)c1ccccc1. The Kier molecular flexibility index (Phi) is 6.71. The summed E-state index contributed by atoms with van der Waals surface area (Å²) in [5.41, 5.74) is 1.37. The van der Waals surface area contributed by atoms with Gasteiger partial charge in [-0.25, -0.2) is 4.79 Å². The summed E-state index contributed by atoms with van der Waals surface area (Å²) in [5.74, 6) is 0. The molecular formula is C30H35N3O3. The summed E-state index contributed by atoms with van der Waals surface area (Å²) in [6, 6.07) is 23.2. The molecule has 1 saturated heterocycles. The lowest BCUT2D eigenvalue weighted by Gasteiger charge is -2.52. The van der Waals surface area contributed by atoms with Gasteiger partial charge in [-0.3, -0.25) is 4.79 Å². The number of aromatic nitrogens is 1. The summed E-state index contributed by atoms with van der Waals surface area (Å²) in [6.07, 6.45) is 6.02. The number of benzene rings is 2. The molecule has 2 atom stereocenters. The molecule has 1 aliphatic heterocycles. The normalized spacial score (nSPS) is 21.9. The molecule has 1 saturated carbocycles. The molecular weight excluding hydrogens is 450 g/mol. The van der Waals surface area contributed by atoms with Crippen LogP contribution in [0.3, 0.4) is 0 Å². The molecule has 1 aromatic heterocycles. The van der Waals surface area contributed by atoms with Gasteiger partial charge in [-0.2, -0.15) is 0 Å². The Hall–Kier alpha value is -3.38. The Labute approximate surface area is 212 Å². The molecule has 2 aromatic carbocycles. The fraction of sp³-hybridized carbons (Fsp3) is 0.400. The molecule has 1 aliphatic carbocycles. The number of likely N-dealkylation sites (tertiary alicyclic amines) is 1. The quantitative estimate of drug-likeness (QED) is 0.535. The lowest BCUT2D eigenvalue weighted by molar-refractivity contribution is -0.135. The molecule has 2 fully saturated rings. The third-order valence-electron chi connectivity index (χ3n) is 8.30. The third kappa shape index (κ3) is 4.70. The number of piperidine rings is 1. The van der Waals surface area contributed by atoms with E-state index in [1.54, 1.807) is 16.8 Å². The Morgan fingerprint density at radius 1 is 0.972 bits per heavy atom. The van der Waals surface area contributed by atoms with Crippen LogP contribution in [0.25, 0.3) is 11.1 Å². The van der Waals surface area contributed by atoms with E-state index < -0.39 is 11.0 Å². The molecule has 6 nitrogen and oxygen atoms in total. The van der Waals surface area contributed by atoms with Gasteiger partial charge in [0.05, 0.1) is 18.2 Å². The maximum Gasteiger partial charge on any atom is 0.317 e. The van der Waals surface area contributed by atoms with Gasteiger partial charge in [0.2, 0.25) is 0 Å². The van der Waals surface area contributed by atoms with Crippen molar-refractivity contribution < 1.29 is 9.90 Å². The number of carbonyl (C=O) groups excluding carboxylic acids is 1. The van der Waals surface area contributed by atoms with E-state index in [4.69, 9.17) is 0 Å². The van der Waals surface area contributed by atoms with E-state index in [0.29, 0.717) is 19.5 Å². The highest BCUT2D eigenvalue weighted by molar-refractivity contribution is 5.75. The average molecular weight is 486 g/mol.